The Morgan fingerprint density at radius 3 is 2.28 bits per heavy atom. The molecule has 0 atom stereocenters. The molecule has 0 bridgehead atoms. The summed E-state index contributed by atoms with van der Waals surface area (Å²) < 4.78 is 0. The van der Waals surface area contributed by atoms with Crippen LogP contribution < -0.4 is 5.32 Å². The van der Waals surface area contributed by atoms with E-state index in [0.717, 1.165) is 6.07 Å². The Morgan fingerprint density at radius 1 is 1.28 bits per heavy atom. The van der Waals surface area contributed by atoms with Crippen LogP contribution in [0.25, 0.3) is 0 Å². The molecule has 5 N–H and O–H groups in total. The maximum Gasteiger partial charge on any atom is 0.335 e. The Labute approximate surface area is 108 Å². The third-order valence-electron chi connectivity index (χ3n) is 2.34. The van der Waals surface area contributed by atoms with Crippen LogP contribution in [0.2, 0.25) is 5.15 Å². The summed E-state index contributed by atoms with van der Waals surface area (Å²) in [7, 11) is 0. The first kappa shape index (κ1) is 14.7. The zero-order valence-electron chi connectivity index (χ0n) is 9.30. The van der Waals surface area contributed by atoms with Gasteiger partial charge in [-0.15, -0.1) is 0 Å². The standard InChI is InChI=1S/C10H13ClN2O5/c11-7-1-6(9(17)18)2-8(12-7)13-10(3-14,4-15)5-16/h1-2,14-16H,3-5H2,(H,12,13)(H,17,18). The van der Waals surface area contributed by atoms with E-state index in [1.54, 1.807) is 0 Å². The van der Waals surface area contributed by atoms with Crippen molar-refractivity contribution < 1.29 is 25.2 Å². The number of carboxylic acid groups (broad SMARTS) is 1. The Hall–Kier alpha value is -1.41. The lowest BCUT2D eigenvalue weighted by atomic mass is 10.0. The fraction of sp³-hybridized carbons (Fsp3) is 0.400. The molecule has 0 saturated carbocycles. The minimum Gasteiger partial charge on any atom is -0.478 e. The monoisotopic (exact) mass is 276 g/mol. The Kier molecular flexibility index (Phi) is 4.85. The Morgan fingerprint density at radius 2 is 1.83 bits per heavy atom. The molecule has 100 valence electrons. The van der Waals surface area contributed by atoms with E-state index in [0.29, 0.717) is 0 Å². The van der Waals surface area contributed by atoms with Gasteiger partial charge in [-0.3, -0.25) is 0 Å². The van der Waals surface area contributed by atoms with Crippen LogP contribution in [0.3, 0.4) is 0 Å². The summed E-state index contributed by atoms with van der Waals surface area (Å²) in [6.45, 7) is -1.68. The number of nitrogens with one attached hydrogen (secondary N) is 1. The Bertz CT molecular complexity index is 428. The Balaban J connectivity index is 3.06. The van der Waals surface area contributed by atoms with Crippen LogP contribution in [0.1, 0.15) is 10.4 Å². The number of aliphatic hydroxyl groups is 3. The summed E-state index contributed by atoms with van der Waals surface area (Å²) in [5.74, 6) is -1.15. The maximum absolute atomic E-state index is 10.8. The molecule has 0 aliphatic rings. The smallest absolute Gasteiger partial charge is 0.335 e. The van der Waals surface area contributed by atoms with Crippen molar-refractivity contribution in [3.8, 4) is 0 Å². The van der Waals surface area contributed by atoms with Gasteiger partial charge in [0, 0.05) is 0 Å². The molecule has 8 heteroatoms. The van der Waals surface area contributed by atoms with E-state index < -0.39 is 31.3 Å². The van der Waals surface area contributed by atoms with Crippen LogP contribution >= 0.6 is 11.6 Å². The minimum absolute atomic E-state index is 0.0389. The molecule has 0 fully saturated rings. The lowest BCUT2D eigenvalue weighted by Gasteiger charge is -2.29. The fourth-order valence-electron chi connectivity index (χ4n) is 1.22. The van der Waals surface area contributed by atoms with Gasteiger partial charge in [0.05, 0.1) is 25.4 Å². The van der Waals surface area contributed by atoms with E-state index in [1.807, 2.05) is 0 Å². The number of carbonyl (C=O) groups is 1. The van der Waals surface area contributed by atoms with Gasteiger partial charge in [-0.2, -0.15) is 0 Å². The number of pyridine rings is 1. The molecular weight excluding hydrogens is 264 g/mol. The zero-order chi connectivity index (χ0) is 13.8. The van der Waals surface area contributed by atoms with Gasteiger partial charge >= 0.3 is 5.97 Å². The van der Waals surface area contributed by atoms with Crippen molar-refractivity contribution in [3.63, 3.8) is 0 Å². The summed E-state index contributed by atoms with van der Waals surface area (Å²) in [5, 5.41) is 38.7. The summed E-state index contributed by atoms with van der Waals surface area (Å²) in [4.78, 5) is 14.6. The summed E-state index contributed by atoms with van der Waals surface area (Å²) in [6.07, 6.45) is 0. The first-order valence-electron chi connectivity index (χ1n) is 4.98. The molecule has 7 nitrogen and oxygen atoms in total. The lowest BCUT2D eigenvalue weighted by molar-refractivity contribution is 0.0697. The number of hydrogen-bond acceptors (Lipinski definition) is 6. The van der Waals surface area contributed by atoms with Crippen LogP contribution in [0.4, 0.5) is 5.82 Å². The first-order chi connectivity index (χ1) is 8.46. The van der Waals surface area contributed by atoms with Gasteiger partial charge in [0.1, 0.15) is 16.5 Å². The van der Waals surface area contributed by atoms with Crippen LogP contribution in [0, 0.1) is 0 Å². The third kappa shape index (κ3) is 3.30. The molecule has 0 spiro atoms. The normalized spacial score (nSPS) is 11.3. The number of carboxylic acids is 1. The number of halogens is 1. The number of aromatic carboxylic acids is 1. The number of hydrogen-bond donors (Lipinski definition) is 5. The molecule has 0 saturated heterocycles. The predicted molar refractivity (Wildman–Crippen MR) is 63.8 cm³/mol. The second-order valence-corrected chi connectivity index (χ2v) is 4.14. The van der Waals surface area contributed by atoms with Gasteiger partial charge in [-0.1, -0.05) is 11.6 Å². The SMILES string of the molecule is O=C(O)c1cc(Cl)nc(NC(CO)(CO)CO)c1. The third-order valence-corrected chi connectivity index (χ3v) is 2.54. The van der Waals surface area contributed by atoms with E-state index >= 15 is 0 Å². The topological polar surface area (TPSA) is 123 Å². The van der Waals surface area contributed by atoms with Crippen LogP contribution in [0.15, 0.2) is 12.1 Å². The maximum atomic E-state index is 10.8. The average Bonchev–Trinajstić information content (AvgIpc) is 2.35. The van der Waals surface area contributed by atoms with Crippen molar-refractivity contribution in [1.82, 2.24) is 4.98 Å². The molecule has 0 aliphatic carbocycles. The molecule has 0 aliphatic heterocycles. The minimum atomic E-state index is -1.40. The molecule has 1 rings (SSSR count). The summed E-state index contributed by atoms with van der Waals surface area (Å²) >= 11 is 5.65. The van der Waals surface area contributed by atoms with E-state index in [2.05, 4.69) is 10.3 Å². The molecule has 0 amide bonds. The molecule has 0 radical (unpaired) electrons. The molecule has 1 heterocycles. The van der Waals surface area contributed by atoms with Crippen molar-refractivity contribution in [2.45, 2.75) is 5.54 Å². The van der Waals surface area contributed by atoms with Gasteiger partial charge in [-0.05, 0) is 12.1 Å². The summed E-state index contributed by atoms with van der Waals surface area (Å²) in [5.41, 5.74) is -1.49. The molecule has 18 heavy (non-hydrogen) atoms. The van der Waals surface area contributed by atoms with Crippen molar-refractivity contribution in [2.24, 2.45) is 0 Å². The second-order valence-electron chi connectivity index (χ2n) is 3.75. The zero-order valence-corrected chi connectivity index (χ0v) is 10.1. The highest BCUT2D eigenvalue weighted by atomic mass is 35.5. The average molecular weight is 277 g/mol. The number of aliphatic hydroxyl groups excluding tert-OH is 3. The number of rotatable bonds is 6. The highest BCUT2D eigenvalue weighted by molar-refractivity contribution is 6.29. The second kappa shape index (κ2) is 5.96. The quantitative estimate of drug-likeness (QED) is 0.446. The van der Waals surface area contributed by atoms with Gasteiger partial charge in [0.2, 0.25) is 0 Å². The highest BCUT2D eigenvalue weighted by Gasteiger charge is 2.28. The summed E-state index contributed by atoms with van der Waals surface area (Å²) in [6, 6.07) is 2.34. The van der Waals surface area contributed by atoms with Crippen molar-refractivity contribution in [1.29, 1.82) is 0 Å². The lowest BCUT2D eigenvalue weighted by Crippen LogP contribution is -2.49. The van der Waals surface area contributed by atoms with E-state index in [-0.39, 0.29) is 16.5 Å². The number of nitrogens with zero attached hydrogens (tertiary/aromatic N) is 1. The van der Waals surface area contributed by atoms with E-state index in [1.165, 1.54) is 6.07 Å². The molecule has 0 unspecified atom stereocenters. The number of aromatic nitrogens is 1. The molecular formula is C10H13ClN2O5. The van der Waals surface area contributed by atoms with Gasteiger partial charge in [0.15, 0.2) is 0 Å². The van der Waals surface area contributed by atoms with E-state index in [9.17, 15) is 4.79 Å². The van der Waals surface area contributed by atoms with E-state index in [4.69, 9.17) is 32.0 Å². The van der Waals surface area contributed by atoms with Crippen molar-refractivity contribution >= 4 is 23.4 Å². The number of anilines is 1. The molecule has 0 aromatic carbocycles. The van der Waals surface area contributed by atoms with Gasteiger partial charge in [0.25, 0.3) is 0 Å². The fourth-order valence-corrected chi connectivity index (χ4v) is 1.43. The highest BCUT2D eigenvalue weighted by Crippen LogP contribution is 2.18. The van der Waals surface area contributed by atoms with Crippen LogP contribution in [-0.2, 0) is 0 Å². The van der Waals surface area contributed by atoms with Crippen LogP contribution in [-0.4, -0.2) is 56.7 Å². The predicted octanol–water partition coefficient (Wildman–Crippen LogP) is -0.439. The van der Waals surface area contributed by atoms with Gasteiger partial charge in [-0.25, -0.2) is 9.78 Å². The van der Waals surface area contributed by atoms with Crippen molar-refractivity contribution in [3.05, 3.63) is 22.8 Å². The van der Waals surface area contributed by atoms with Crippen LogP contribution in [0.5, 0.6) is 0 Å². The van der Waals surface area contributed by atoms with Crippen molar-refractivity contribution in [2.75, 3.05) is 25.1 Å². The first-order valence-corrected chi connectivity index (χ1v) is 5.36. The molecule has 1 aromatic heterocycles. The largest absolute Gasteiger partial charge is 0.478 e. The molecule has 1 aromatic rings. The van der Waals surface area contributed by atoms with Gasteiger partial charge < -0.3 is 25.7 Å².